The largest absolute Gasteiger partial charge is 0.466 e. The number of nitrogens with zero attached hydrogens (tertiary/aromatic N) is 2. The molecule has 0 amide bonds. The lowest BCUT2D eigenvalue weighted by molar-refractivity contribution is -0.140. The van der Waals surface area contributed by atoms with Gasteiger partial charge in [-0.1, -0.05) is 24.6 Å². The zero-order valence-corrected chi connectivity index (χ0v) is 17.1. The van der Waals surface area contributed by atoms with E-state index >= 15 is 0 Å². The Hall–Kier alpha value is -2.25. The van der Waals surface area contributed by atoms with Crippen molar-refractivity contribution in [3.8, 4) is 0 Å². The fraction of sp³-hybridized carbons (Fsp3) is 0.500. The summed E-state index contributed by atoms with van der Waals surface area (Å²) in [5.41, 5.74) is 1.77. The van der Waals surface area contributed by atoms with Crippen LogP contribution in [0.5, 0.6) is 0 Å². The standard InChI is InChI=1S/C20H25ClN2O5/c1-13-6-5-9-22(10-13)18-15(21)7-4-8-16(18)23-12-28-11-14(19(24)26-2)17(23)20(25)27-3/h4,7-8,13H,5-6,9-12H2,1-3H3. The van der Waals surface area contributed by atoms with Crippen LogP contribution in [-0.2, 0) is 23.8 Å². The second kappa shape index (κ2) is 8.84. The number of rotatable bonds is 4. The molecule has 7 nitrogen and oxygen atoms in total. The molecule has 2 aliphatic rings. The Morgan fingerprint density at radius 2 is 1.96 bits per heavy atom. The summed E-state index contributed by atoms with van der Waals surface area (Å²) in [6.45, 7) is 4.03. The van der Waals surface area contributed by atoms with Gasteiger partial charge >= 0.3 is 11.9 Å². The molecule has 0 bridgehead atoms. The van der Waals surface area contributed by atoms with Gasteiger partial charge in [0.1, 0.15) is 12.4 Å². The zero-order chi connectivity index (χ0) is 20.3. The van der Waals surface area contributed by atoms with E-state index in [-0.39, 0.29) is 24.6 Å². The number of piperidine rings is 1. The van der Waals surface area contributed by atoms with Crippen LogP contribution in [0, 0.1) is 5.92 Å². The zero-order valence-electron chi connectivity index (χ0n) is 16.4. The summed E-state index contributed by atoms with van der Waals surface area (Å²) in [6.07, 6.45) is 2.23. The van der Waals surface area contributed by atoms with E-state index in [9.17, 15) is 9.59 Å². The summed E-state index contributed by atoms with van der Waals surface area (Å²) in [6, 6.07) is 5.51. The van der Waals surface area contributed by atoms with Crippen molar-refractivity contribution in [3.63, 3.8) is 0 Å². The molecule has 2 heterocycles. The number of benzene rings is 1. The second-order valence-corrected chi connectivity index (χ2v) is 7.42. The van der Waals surface area contributed by atoms with Gasteiger partial charge in [-0.25, -0.2) is 9.59 Å². The van der Waals surface area contributed by atoms with E-state index in [2.05, 4.69) is 11.8 Å². The molecular weight excluding hydrogens is 384 g/mol. The minimum Gasteiger partial charge on any atom is -0.466 e. The lowest BCUT2D eigenvalue weighted by atomic mass is 9.99. The minimum atomic E-state index is -0.625. The van der Waals surface area contributed by atoms with Crippen LogP contribution in [0.4, 0.5) is 11.4 Å². The molecule has 0 N–H and O–H groups in total. The second-order valence-electron chi connectivity index (χ2n) is 7.02. The van der Waals surface area contributed by atoms with Crippen molar-refractivity contribution in [3.05, 3.63) is 34.5 Å². The van der Waals surface area contributed by atoms with E-state index in [0.29, 0.717) is 16.6 Å². The average molecular weight is 409 g/mol. The van der Waals surface area contributed by atoms with Crippen molar-refractivity contribution in [2.24, 2.45) is 5.92 Å². The molecule has 2 aliphatic heterocycles. The summed E-state index contributed by atoms with van der Waals surface area (Å²) in [4.78, 5) is 28.7. The Kier molecular flexibility index (Phi) is 6.46. The predicted octanol–water partition coefficient (Wildman–Crippen LogP) is 2.97. The maximum atomic E-state index is 12.6. The van der Waals surface area contributed by atoms with Gasteiger partial charge in [-0.3, -0.25) is 0 Å². The Bertz CT molecular complexity index is 795. The highest BCUT2D eigenvalue weighted by Crippen LogP contribution is 2.41. The van der Waals surface area contributed by atoms with Gasteiger partial charge in [0.25, 0.3) is 0 Å². The summed E-state index contributed by atoms with van der Waals surface area (Å²) in [7, 11) is 2.55. The van der Waals surface area contributed by atoms with Gasteiger partial charge in [0.05, 0.1) is 42.8 Å². The molecule has 28 heavy (non-hydrogen) atoms. The number of hydrogen-bond donors (Lipinski definition) is 0. The van der Waals surface area contributed by atoms with Crippen LogP contribution in [0.1, 0.15) is 19.8 Å². The van der Waals surface area contributed by atoms with Gasteiger partial charge in [-0.2, -0.15) is 0 Å². The van der Waals surface area contributed by atoms with Gasteiger partial charge in [-0.15, -0.1) is 0 Å². The molecule has 0 saturated carbocycles. The smallest absolute Gasteiger partial charge is 0.355 e. The highest BCUT2D eigenvalue weighted by Gasteiger charge is 2.34. The number of hydrogen-bond acceptors (Lipinski definition) is 7. The predicted molar refractivity (Wildman–Crippen MR) is 106 cm³/mol. The van der Waals surface area contributed by atoms with Crippen molar-refractivity contribution < 1.29 is 23.8 Å². The molecular formula is C20H25ClN2O5. The maximum absolute atomic E-state index is 12.6. The Morgan fingerprint density at radius 1 is 1.21 bits per heavy atom. The van der Waals surface area contributed by atoms with Crippen LogP contribution in [0.15, 0.2) is 29.5 Å². The molecule has 152 valence electrons. The minimum absolute atomic E-state index is 0.0236. The number of methoxy groups -OCH3 is 2. The number of ether oxygens (including phenoxy) is 3. The van der Waals surface area contributed by atoms with Crippen LogP contribution < -0.4 is 9.80 Å². The monoisotopic (exact) mass is 408 g/mol. The first kappa shape index (κ1) is 20.5. The molecule has 0 aliphatic carbocycles. The first-order valence-electron chi connectivity index (χ1n) is 9.26. The molecule has 0 aromatic heterocycles. The molecule has 0 spiro atoms. The number of halogens is 1. The van der Waals surface area contributed by atoms with Gasteiger partial charge in [-0.05, 0) is 30.9 Å². The molecule has 1 aromatic carbocycles. The molecule has 1 unspecified atom stereocenters. The quantitative estimate of drug-likeness (QED) is 0.709. The molecule has 1 atom stereocenters. The van der Waals surface area contributed by atoms with Gasteiger partial charge in [0.15, 0.2) is 0 Å². The third kappa shape index (κ3) is 3.95. The van der Waals surface area contributed by atoms with Crippen LogP contribution in [0.3, 0.4) is 0 Å². The number of esters is 2. The molecule has 0 radical (unpaired) electrons. The van der Waals surface area contributed by atoms with E-state index in [1.54, 1.807) is 4.90 Å². The number of carbonyl (C=O) groups excluding carboxylic acids is 2. The maximum Gasteiger partial charge on any atom is 0.355 e. The number of anilines is 2. The fourth-order valence-corrected chi connectivity index (χ4v) is 4.05. The normalized spacial score (nSPS) is 20.2. The summed E-state index contributed by atoms with van der Waals surface area (Å²) < 4.78 is 15.4. The SMILES string of the molecule is COC(=O)C1=C(C(=O)OC)N(c2cccc(Cl)c2N2CCCC(C)C2)COC1. The van der Waals surface area contributed by atoms with Crippen LogP contribution in [0.25, 0.3) is 0 Å². The van der Waals surface area contributed by atoms with Crippen LogP contribution in [0.2, 0.25) is 5.02 Å². The van der Waals surface area contributed by atoms with Crippen molar-refractivity contribution in [1.82, 2.24) is 0 Å². The average Bonchev–Trinajstić information content (AvgIpc) is 2.71. The Balaban J connectivity index is 2.12. The van der Waals surface area contributed by atoms with E-state index in [1.165, 1.54) is 20.6 Å². The van der Waals surface area contributed by atoms with Gasteiger partial charge < -0.3 is 24.0 Å². The molecule has 3 rings (SSSR count). The van der Waals surface area contributed by atoms with Crippen molar-refractivity contribution in [2.45, 2.75) is 19.8 Å². The summed E-state index contributed by atoms with van der Waals surface area (Å²) in [5.74, 6) is -0.710. The number of carbonyl (C=O) groups is 2. The highest BCUT2D eigenvalue weighted by atomic mass is 35.5. The highest BCUT2D eigenvalue weighted by molar-refractivity contribution is 6.34. The molecule has 8 heteroatoms. The third-order valence-corrected chi connectivity index (χ3v) is 5.37. The lowest BCUT2D eigenvalue weighted by Gasteiger charge is -2.38. The molecule has 1 saturated heterocycles. The first-order valence-corrected chi connectivity index (χ1v) is 9.64. The summed E-state index contributed by atoms with van der Waals surface area (Å²) >= 11 is 6.58. The fourth-order valence-electron chi connectivity index (χ4n) is 3.76. The third-order valence-electron chi connectivity index (χ3n) is 5.06. The van der Waals surface area contributed by atoms with Crippen LogP contribution >= 0.6 is 11.6 Å². The van der Waals surface area contributed by atoms with E-state index < -0.39 is 11.9 Å². The van der Waals surface area contributed by atoms with Gasteiger partial charge in [0, 0.05) is 13.1 Å². The lowest BCUT2D eigenvalue weighted by Crippen LogP contribution is -2.41. The van der Waals surface area contributed by atoms with Crippen LogP contribution in [-0.4, -0.2) is 52.6 Å². The Labute approximate surface area is 169 Å². The molecule has 1 fully saturated rings. The van der Waals surface area contributed by atoms with Gasteiger partial charge in [0.2, 0.25) is 0 Å². The number of para-hydroxylation sites is 1. The van der Waals surface area contributed by atoms with Crippen molar-refractivity contribution >= 4 is 34.9 Å². The Morgan fingerprint density at radius 3 is 2.64 bits per heavy atom. The van der Waals surface area contributed by atoms with Crippen molar-refractivity contribution in [1.29, 1.82) is 0 Å². The van der Waals surface area contributed by atoms with E-state index in [1.807, 2.05) is 18.2 Å². The first-order chi connectivity index (χ1) is 13.5. The summed E-state index contributed by atoms with van der Waals surface area (Å²) in [5, 5.41) is 0.584. The molecule has 1 aromatic rings. The topological polar surface area (TPSA) is 68.3 Å². The van der Waals surface area contributed by atoms with Crippen molar-refractivity contribution in [2.75, 3.05) is 50.4 Å². The van der Waals surface area contributed by atoms with E-state index in [4.69, 9.17) is 25.8 Å². The van der Waals surface area contributed by atoms with E-state index in [0.717, 1.165) is 25.2 Å².